The van der Waals surface area contributed by atoms with Gasteiger partial charge >= 0.3 is 5.97 Å². The molecule has 0 saturated carbocycles. The Hall–Kier alpha value is -3.95. The van der Waals surface area contributed by atoms with Crippen LogP contribution < -0.4 is 5.32 Å². The third-order valence-electron chi connectivity index (χ3n) is 6.00. The maximum atomic E-state index is 13.4. The highest BCUT2D eigenvalue weighted by atomic mass is 16.6. The van der Waals surface area contributed by atoms with Gasteiger partial charge in [-0.25, -0.2) is 4.79 Å². The van der Waals surface area contributed by atoms with Crippen molar-refractivity contribution >= 4 is 17.5 Å². The van der Waals surface area contributed by atoms with Gasteiger partial charge in [-0.3, -0.25) is 9.59 Å². The van der Waals surface area contributed by atoms with E-state index in [1.54, 1.807) is 18.2 Å². The van der Waals surface area contributed by atoms with E-state index in [4.69, 9.17) is 9.84 Å². The van der Waals surface area contributed by atoms with Gasteiger partial charge in [0.15, 0.2) is 11.4 Å². The quantitative estimate of drug-likeness (QED) is 0.0850. The van der Waals surface area contributed by atoms with Crippen molar-refractivity contribution in [2.24, 2.45) is 5.92 Å². The number of ether oxygens (including phenoxy) is 1. The van der Waals surface area contributed by atoms with Crippen molar-refractivity contribution in [3.05, 3.63) is 94.7 Å². The third kappa shape index (κ3) is 7.53. The van der Waals surface area contributed by atoms with Crippen LogP contribution in [0.5, 0.6) is 0 Å². The Morgan fingerprint density at radius 2 is 1.87 bits per heavy atom. The van der Waals surface area contributed by atoms with E-state index >= 15 is 0 Å². The molecular weight excluding hydrogens is 490 g/mol. The second-order valence-electron chi connectivity index (χ2n) is 8.97. The van der Waals surface area contributed by atoms with Crippen LogP contribution in [0.3, 0.4) is 0 Å². The molecule has 1 aliphatic carbocycles. The maximum Gasteiger partial charge on any atom is 0.343 e. The Balaban J connectivity index is 2.46. The lowest BCUT2D eigenvalue weighted by molar-refractivity contribution is -0.151. The molecule has 1 saturated heterocycles. The van der Waals surface area contributed by atoms with Crippen LogP contribution in [0.15, 0.2) is 94.7 Å². The maximum absolute atomic E-state index is 13.4. The smallest absolute Gasteiger partial charge is 0.343 e. The fourth-order valence-corrected chi connectivity index (χ4v) is 3.66. The number of Topliss-reactive ketones (excluding diaryl/α,β-unsaturated/α-hetero) is 1. The van der Waals surface area contributed by atoms with Gasteiger partial charge in [-0.05, 0) is 43.1 Å². The lowest BCUT2D eigenvalue weighted by atomic mass is 9.76. The molecule has 2 aliphatic rings. The number of fused-ring (bicyclic) bond motifs is 1. The first-order valence-electron chi connectivity index (χ1n) is 12.3. The van der Waals surface area contributed by atoms with Gasteiger partial charge in [0.05, 0.1) is 0 Å². The number of aliphatic hydroxyl groups excluding tert-OH is 4. The molecule has 2 atom stereocenters. The predicted octanol–water partition coefficient (Wildman–Crippen LogP) is 3.12. The number of hydrogen-bond donors (Lipinski definition) is 5. The van der Waals surface area contributed by atoms with Crippen LogP contribution in [0.4, 0.5) is 0 Å². The molecule has 9 heteroatoms. The lowest BCUT2D eigenvalue weighted by Gasteiger charge is -2.29. The molecule has 0 aromatic heterocycles. The molecule has 1 fully saturated rings. The van der Waals surface area contributed by atoms with Crippen LogP contribution in [0, 0.1) is 5.92 Å². The van der Waals surface area contributed by atoms with E-state index in [1.165, 1.54) is 25.3 Å². The van der Waals surface area contributed by atoms with E-state index in [2.05, 4.69) is 19.2 Å². The van der Waals surface area contributed by atoms with E-state index in [0.29, 0.717) is 18.9 Å². The first-order valence-corrected chi connectivity index (χ1v) is 12.3. The summed E-state index contributed by atoms with van der Waals surface area (Å²) >= 11 is 0. The fourth-order valence-electron chi connectivity index (χ4n) is 3.66. The molecule has 204 valence electrons. The van der Waals surface area contributed by atoms with E-state index in [0.717, 1.165) is 18.6 Å². The average Bonchev–Trinajstić information content (AvgIpc) is 3.15. The molecule has 9 nitrogen and oxygen atoms in total. The minimum absolute atomic E-state index is 0.0117. The largest absolute Gasteiger partial charge is 0.508 e. The van der Waals surface area contributed by atoms with Crippen LogP contribution in [0.2, 0.25) is 0 Å². The number of allylic oxidation sites excluding steroid dienone is 9. The minimum atomic E-state index is -1.78. The summed E-state index contributed by atoms with van der Waals surface area (Å²) in [5, 5.41) is 41.9. The van der Waals surface area contributed by atoms with E-state index in [9.17, 15) is 29.7 Å². The molecule has 1 heterocycles. The Bertz CT molecular complexity index is 1180. The predicted molar refractivity (Wildman–Crippen MR) is 143 cm³/mol. The number of rotatable bonds is 12. The third-order valence-corrected chi connectivity index (χ3v) is 6.00. The molecule has 2 unspecified atom stereocenters. The molecule has 0 radical (unpaired) electrons. The first kappa shape index (κ1) is 30.3. The number of nitrogens with one attached hydrogen (secondary N) is 1. The Morgan fingerprint density at radius 1 is 1.16 bits per heavy atom. The standard InChI is InChI=1S/C29H35NO8/c1-4-19(2)10-7-5-6-8-11-21(33)16-25(35)26-24-15-20(14-22(34)18-32)23(17-30-12-9-13-31)27(36)29(24,3)38-28(26)37/h5-8,10-11,14-17,19,30-33,35H,4,9,12-13,18H2,1-3H3. The summed E-state index contributed by atoms with van der Waals surface area (Å²) in [6.07, 6.45) is 16.4. The van der Waals surface area contributed by atoms with Crippen molar-refractivity contribution in [2.75, 3.05) is 19.8 Å². The lowest BCUT2D eigenvalue weighted by Crippen LogP contribution is -2.41. The van der Waals surface area contributed by atoms with Gasteiger partial charge in [0.25, 0.3) is 0 Å². The average molecular weight is 526 g/mol. The number of carbonyl (C=O) groups is 3. The van der Waals surface area contributed by atoms with Crippen molar-refractivity contribution in [2.45, 2.75) is 39.2 Å². The molecule has 0 bridgehead atoms. The first-order chi connectivity index (χ1) is 18.1. The van der Waals surface area contributed by atoms with Crippen LogP contribution in [-0.4, -0.2) is 63.3 Å². The molecule has 0 aromatic rings. The van der Waals surface area contributed by atoms with Crippen LogP contribution in [0.1, 0.15) is 33.6 Å². The summed E-state index contributed by atoms with van der Waals surface area (Å²) in [4.78, 5) is 38.1. The van der Waals surface area contributed by atoms with Gasteiger partial charge in [-0.2, -0.15) is 0 Å². The van der Waals surface area contributed by atoms with Crippen LogP contribution in [-0.2, 0) is 19.1 Å². The van der Waals surface area contributed by atoms with Crippen molar-refractivity contribution in [1.29, 1.82) is 0 Å². The number of esters is 1. The molecule has 0 amide bonds. The zero-order valence-corrected chi connectivity index (χ0v) is 21.8. The van der Waals surface area contributed by atoms with Crippen LogP contribution in [0.25, 0.3) is 0 Å². The minimum Gasteiger partial charge on any atom is -0.508 e. The molecule has 0 aromatic carbocycles. The highest BCUT2D eigenvalue weighted by Crippen LogP contribution is 2.45. The zero-order valence-electron chi connectivity index (χ0n) is 21.8. The summed E-state index contributed by atoms with van der Waals surface area (Å²) in [5.74, 6) is -2.83. The van der Waals surface area contributed by atoms with Crippen molar-refractivity contribution < 1.29 is 39.5 Å². The van der Waals surface area contributed by atoms with Crippen molar-refractivity contribution in [3.63, 3.8) is 0 Å². The number of ketones is 2. The molecule has 1 aliphatic heterocycles. The Labute approximate surface area is 222 Å². The van der Waals surface area contributed by atoms with Crippen molar-refractivity contribution in [1.82, 2.24) is 5.32 Å². The monoisotopic (exact) mass is 525 g/mol. The Kier molecular flexibility index (Phi) is 11.2. The second-order valence-corrected chi connectivity index (χ2v) is 8.97. The van der Waals surface area contributed by atoms with Crippen LogP contribution >= 0.6 is 0 Å². The number of aliphatic hydroxyl groups is 4. The van der Waals surface area contributed by atoms with Gasteiger partial charge in [0, 0.05) is 36.6 Å². The van der Waals surface area contributed by atoms with E-state index in [1.807, 2.05) is 12.2 Å². The fraction of sp³-hybridized carbons (Fsp3) is 0.345. The number of carbonyl (C=O) groups excluding carboxylic acids is 3. The summed E-state index contributed by atoms with van der Waals surface area (Å²) in [7, 11) is 0. The highest BCUT2D eigenvalue weighted by molar-refractivity contribution is 6.17. The summed E-state index contributed by atoms with van der Waals surface area (Å²) in [6, 6.07) is 0. The topological polar surface area (TPSA) is 153 Å². The number of hydrogen-bond acceptors (Lipinski definition) is 9. The van der Waals surface area contributed by atoms with Gasteiger partial charge in [-0.1, -0.05) is 50.6 Å². The molecular formula is C29H35NO8. The Morgan fingerprint density at radius 3 is 2.53 bits per heavy atom. The molecule has 5 N–H and O–H groups in total. The van der Waals surface area contributed by atoms with Gasteiger partial charge < -0.3 is 30.5 Å². The molecule has 38 heavy (non-hydrogen) atoms. The van der Waals surface area contributed by atoms with Crippen molar-refractivity contribution in [3.8, 4) is 0 Å². The van der Waals surface area contributed by atoms with Gasteiger partial charge in [0.2, 0.25) is 5.78 Å². The van der Waals surface area contributed by atoms with E-state index < -0.39 is 35.5 Å². The van der Waals surface area contributed by atoms with Gasteiger partial charge in [-0.15, -0.1) is 0 Å². The summed E-state index contributed by atoms with van der Waals surface area (Å²) < 4.78 is 5.38. The molecule has 0 spiro atoms. The summed E-state index contributed by atoms with van der Waals surface area (Å²) in [6.45, 7) is 5.03. The van der Waals surface area contributed by atoms with E-state index in [-0.39, 0.29) is 34.7 Å². The summed E-state index contributed by atoms with van der Waals surface area (Å²) in [5.41, 5.74) is -1.97. The second kappa shape index (κ2) is 14.1. The normalized spacial score (nSPS) is 24.4. The molecule has 2 rings (SSSR count). The van der Waals surface area contributed by atoms with Gasteiger partial charge in [0.1, 0.15) is 23.7 Å². The SMILES string of the molecule is CCC(C)C=CC=CC=CC(O)=CC(O)=C1C(=O)OC2(C)C(=O)C(=CNCCCO)C(=CC(=O)CO)C=C12. The highest BCUT2D eigenvalue weighted by Gasteiger charge is 2.54. The zero-order chi connectivity index (χ0) is 28.3.